The Morgan fingerprint density at radius 3 is 2.80 bits per heavy atom. The van der Waals surface area contributed by atoms with Crippen LogP contribution in [0.3, 0.4) is 0 Å². The molecule has 1 fully saturated rings. The predicted molar refractivity (Wildman–Crippen MR) is 69.3 cm³/mol. The molecule has 0 aromatic heterocycles. The molecule has 0 aliphatic carbocycles. The van der Waals surface area contributed by atoms with Gasteiger partial charge in [0.2, 0.25) is 0 Å². The smallest absolute Gasteiger partial charge is 0.0514 e. The van der Waals surface area contributed by atoms with Crippen molar-refractivity contribution in [2.75, 3.05) is 23.7 Å². The van der Waals surface area contributed by atoms with Crippen molar-refractivity contribution in [2.45, 2.75) is 20.3 Å². The fourth-order valence-electron chi connectivity index (χ4n) is 2.08. The Morgan fingerprint density at radius 2 is 2.20 bits per heavy atom. The molecule has 2 rings (SSSR count). The molecule has 1 heterocycles. The van der Waals surface area contributed by atoms with Crippen molar-refractivity contribution in [3.63, 3.8) is 0 Å². The van der Waals surface area contributed by atoms with E-state index in [0.717, 1.165) is 34.7 Å². The molecule has 1 aliphatic heterocycles. The molecule has 0 saturated carbocycles. The standard InChI is InChI=1S/C12H17BrN2/c1-8-3-4-15(7-8)12-5-9(2)11(14)6-10(12)13/h5-6,8H,3-4,7,14H2,1-2H3. The first-order chi connectivity index (χ1) is 7.08. The number of hydrogen-bond donors (Lipinski definition) is 1. The molecule has 0 amide bonds. The molecule has 1 atom stereocenters. The van der Waals surface area contributed by atoms with E-state index < -0.39 is 0 Å². The molecule has 1 aromatic carbocycles. The second-order valence-corrected chi connectivity index (χ2v) is 5.35. The van der Waals surface area contributed by atoms with E-state index in [1.807, 2.05) is 6.07 Å². The van der Waals surface area contributed by atoms with Crippen LogP contribution in [-0.2, 0) is 0 Å². The topological polar surface area (TPSA) is 29.3 Å². The zero-order valence-corrected chi connectivity index (χ0v) is 10.8. The lowest BCUT2D eigenvalue weighted by molar-refractivity contribution is 0.659. The molecule has 2 N–H and O–H groups in total. The summed E-state index contributed by atoms with van der Waals surface area (Å²) in [5, 5.41) is 0. The summed E-state index contributed by atoms with van der Waals surface area (Å²) in [5.41, 5.74) is 9.17. The van der Waals surface area contributed by atoms with Crippen molar-refractivity contribution in [3.05, 3.63) is 22.2 Å². The van der Waals surface area contributed by atoms with Crippen molar-refractivity contribution < 1.29 is 0 Å². The number of benzene rings is 1. The average molecular weight is 269 g/mol. The van der Waals surface area contributed by atoms with Crippen LogP contribution in [0.25, 0.3) is 0 Å². The monoisotopic (exact) mass is 268 g/mol. The number of nitrogens with zero attached hydrogens (tertiary/aromatic N) is 1. The van der Waals surface area contributed by atoms with Crippen LogP contribution in [0, 0.1) is 12.8 Å². The van der Waals surface area contributed by atoms with E-state index in [4.69, 9.17) is 5.73 Å². The quantitative estimate of drug-likeness (QED) is 0.793. The minimum absolute atomic E-state index is 0.801. The number of rotatable bonds is 1. The molecule has 1 aliphatic rings. The van der Waals surface area contributed by atoms with Crippen LogP contribution in [0.2, 0.25) is 0 Å². The molecule has 2 nitrogen and oxygen atoms in total. The highest BCUT2D eigenvalue weighted by atomic mass is 79.9. The van der Waals surface area contributed by atoms with Crippen LogP contribution >= 0.6 is 15.9 Å². The van der Waals surface area contributed by atoms with E-state index >= 15 is 0 Å². The second-order valence-electron chi connectivity index (χ2n) is 4.50. The summed E-state index contributed by atoms with van der Waals surface area (Å²) in [4.78, 5) is 2.43. The first-order valence-corrected chi connectivity index (χ1v) is 6.18. The molecule has 1 saturated heterocycles. The summed E-state index contributed by atoms with van der Waals surface area (Å²) >= 11 is 3.59. The fraction of sp³-hybridized carbons (Fsp3) is 0.500. The van der Waals surface area contributed by atoms with E-state index in [-0.39, 0.29) is 0 Å². The molecule has 3 heteroatoms. The van der Waals surface area contributed by atoms with E-state index in [2.05, 4.69) is 40.7 Å². The summed E-state index contributed by atoms with van der Waals surface area (Å²) in [6.07, 6.45) is 1.29. The third-order valence-corrected chi connectivity index (χ3v) is 3.74. The molecule has 15 heavy (non-hydrogen) atoms. The van der Waals surface area contributed by atoms with Gasteiger partial charge in [-0.1, -0.05) is 6.92 Å². The predicted octanol–water partition coefficient (Wildman–Crippen LogP) is 3.19. The maximum Gasteiger partial charge on any atom is 0.0514 e. The Bertz CT molecular complexity index is 376. The Hall–Kier alpha value is -0.700. The normalized spacial score (nSPS) is 21.0. The number of hydrogen-bond acceptors (Lipinski definition) is 2. The van der Waals surface area contributed by atoms with Crippen molar-refractivity contribution in [1.29, 1.82) is 0 Å². The Labute approximate surface area is 99.6 Å². The molecular formula is C12H17BrN2. The first-order valence-electron chi connectivity index (χ1n) is 5.38. The van der Waals surface area contributed by atoms with Gasteiger partial charge in [-0.2, -0.15) is 0 Å². The van der Waals surface area contributed by atoms with Gasteiger partial charge in [-0.25, -0.2) is 0 Å². The van der Waals surface area contributed by atoms with Gasteiger partial charge in [0, 0.05) is 23.2 Å². The summed E-state index contributed by atoms with van der Waals surface area (Å²) < 4.78 is 1.11. The van der Waals surface area contributed by atoms with E-state index in [0.29, 0.717) is 0 Å². The molecule has 82 valence electrons. The van der Waals surface area contributed by atoms with Gasteiger partial charge in [0.05, 0.1) is 5.69 Å². The zero-order valence-electron chi connectivity index (χ0n) is 9.26. The van der Waals surface area contributed by atoms with Gasteiger partial charge in [0.15, 0.2) is 0 Å². The Balaban J connectivity index is 2.32. The van der Waals surface area contributed by atoms with Gasteiger partial charge >= 0.3 is 0 Å². The third-order valence-electron chi connectivity index (χ3n) is 3.10. The highest BCUT2D eigenvalue weighted by Crippen LogP contribution is 2.33. The Kier molecular flexibility index (Phi) is 2.91. The molecular weight excluding hydrogens is 252 g/mol. The van der Waals surface area contributed by atoms with Crippen LogP contribution in [0.5, 0.6) is 0 Å². The highest BCUT2D eigenvalue weighted by molar-refractivity contribution is 9.10. The summed E-state index contributed by atoms with van der Waals surface area (Å²) in [7, 11) is 0. The minimum Gasteiger partial charge on any atom is -0.398 e. The maximum absolute atomic E-state index is 5.87. The molecule has 0 spiro atoms. The van der Waals surface area contributed by atoms with Gasteiger partial charge in [-0.05, 0) is 52.9 Å². The fourth-order valence-corrected chi connectivity index (χ4v) is 2.69. The summed E-state index contributed by atoms with van der Waals surface area (Å²) in [6.45, 7) is 6.67. The number of nitrogens with two attached hydrogens (primary N) is 1. The number of nitrogen functional groups attached to an aromatic ring is 1. The zero-order chi connectivity index (χ0) is 11.0. The largest absolute Gasteiger partial charge is 0.398 e. The lowest BCUT2D eigenvalue weighted by atomic mass is 10.1. The van der Waals surface area contributed by atoms with Gasteiger partial charge in [0.25, 0.3) is 0 Å². The summed E-state index contributed by atoms with van der Waals surface area (Å²) in [6, 6.07) is 4.19. The number of halogens is 1. The molecule has 0 bridgehead atoms. The van der Waals surface area contributed by atoms with Crippen molar-refractivity contribution in [1.82, 2.24) is 0 Å². The average Bonchev–Trinajstić information content (AvgIpc) is 2.58. The van der Waals surface area contributed by atoms with E-state index in [1.165, 1.54) is 12.1 Å². The SMILES string of the molecule is Cc1cc(N2CCC(C)C2)c(Br)cc1N. The molecule has 0 radical (unpaired) electrons. The van der Waals surface area contributed by atoms with Crippen LogP contribution < -0.4 is 10.6 Å². The van der Waals surface area contributed by atoms with Gasteiger partial charge in [-0.3, -0.25) is 0 Å². The van der Waals surface area contributed by atoms with Crippen LogP contribution in [0.4, 0.5) is 11.4 Å². The van der Waals surface area contributed by atoms with Gasteiger partial charge in [-0.15, -0.1) is 0 Å². The second kappa shape index (κ2) is 4.05. The number of aryl methyl sites for hydroxylation is 1. The van der Waals surface area contributed by atoms with Crippen LogP contribution in [0.1, 0.15) is 18.9 Å². The first kappa shape index (κ1) is 10.8. The lowest BCUT2D eigenvalue weighted by Gasteiger charge is -2.21. The summed E-state index contributed by atoms with van der Waals surface area (Å²) in [5.74, 6) is 0.801. The molecule has 1 unspecified atom stereocenters. The minimum atomic E-state index is 0.801. The van der Waals surface area contributed by atoms with Crippen LogP contribution in [0.15, 0.2) is 16.6 Å². The van der Waals surface area contributed by atoms with Crippen LogP contribution in [-0.4, -0.2) is 13.1 Å². The van der Waals surface area contributed by atoms with Crippen molar-refractivity contribution >= 4 is 27.3 Å². The van der Waals surface area contributed by atoms with Gasteiger partial charge < -0.3 is 10.6 Å². The number of anilines is 2. The maximum atomic E-state index is 5.87. The third kappa shape index (κ3) is 2.12. The van der Waals surface area contributed by atoms with E-state index in [9.17, 15) is 0 Å². The van der Waals surface area contributed by atoms with Gasteiger partial charge in [0.1, 0.15) is 0 Å². The Morgan fingerprint density at radius 1 is 1.47 bits per heavy atom. The lowest BCUT2D eigenvalue weighted by Crippen LogP contribution is -2.19. The molecule has 1 aromatic rings. The van der Waals surface area contributed by atoms with Crippen molar-refractivity contribution in [3.8, 4) is 0 Å². The highest BCUT2D eigenvalue weighted by Gasteiger charge is 2.20. The van der Waals surface area contributed by atoms with Crippen molar-refractivity contribution in [2.24, 2.45) is 5.92 Å². The van der Waals surface area contributed by atoms with E-state index in [1.54, 1.807) is 0 Å².